The lowest BCUT2D eigenvalue weighted by molar-refractivity contribution is 1.62. The van der Waals surface area contributed by atoms with Crippen molar-refractivity contribution in [2.75, 3.05) is 0 Å². The molecular formula is C52H32S. The Labute approximate surface area is 311 Å². The summed E-state index contributed by atoms with van der Waals surface area (Å²) in [5.41, 5.74) is 9.95. The number of rotatable bonds is 4. The van der Waals surface area contributed by atoms with Gasteiger partial charge in [0.1, 0.15) is 0 Å². The van der Waals surface area contributed by atoms with Crippen LogP contribution in [0.3, 0.4) is 0 Å². The Kier molecular flexibility index (Phi) is 6.83. The largest absolute Gasteiger partial charge is 0.135 e. The van der Waals surface area contributed by atoms with Gasteiger partial charge in [0.2, 0.25) is 0 Å². The molecule has 0 bridgehead atoms. The highest BCUT2D eigenvalue weighted by Crippen LogP contribution is 2.45. The van der Waals surface area contributed by atoms with Crippen molar-refractivity contribution in [3.8, 4) is 44.5 Å². The minimum Gasteiger partial charge on any atom is -0.135 e. The number of benzene rings is 10. The van der Waals surface area contributed by atoms with Crippen LogP contribution in [-0.4, -0.2) is 0 Å². The number of thiophene rings is 1. The zero-order valence-electron chi connectivity index (χ0n) is 28.9. The lowest BCUT2D eigenvalue weighted by Gasteiger charge is -2.18. The minimum absolute atomic E-state index is 1.23. The van der Waals surface area contributed by atoms with E-state index in [1.54, 1.807) is 0 Å². The highest BCUT2D eigenvalue weighted by atomic mass is 32.1. The molecule has 0 spiro atoms. The van der Waals surface area contributed by atoms with Gasteiger partial charge in [-0.2, -0.15) is 0 Å². The molecule has 0 aliphatic carbocycles. The van der Waals surface area contributed by atoms with Gasteiger partial charge in [-0.3, -0.25) is 0 Å². The first-order chi connectivity index (χ1) is 26.3. The number of fused-ring (bicyclic) bond motifs is 8. The third kappa shape index (κ3) is 4.89. The molecule has 10 aromatic carbocycles. The zero-order valence-corrected chi connectivity index (χ0v) is 29.7. The van der Waals surface area contributed by atoms with E-state index in [1.165, 1.54) is 108 Å². The van der Waals surface area contributed by atoms with E-state index in [0.29, 0.717) is 0 Å². The van der Waals surface area contributed by atoms with Crippen LogP contribution >= 0.6 is 11.3 Å². The maximum atomic E-state index is 2.39. The normalized spacial score (nSPS) is 11.8. The second kappa shape index (κ2) is 12.0. The Hall–Kier alpha value is -6.54. The van der Waals surface area contributed by atoms with Crippen molar-refractivity contribution in [2.45, 2.75) is 0 Å². The Balaban J connectivity index is 1.05. The van der Waals surface area contributed by atoms with E-state index in [4.69, 9.17) is 0 Å². The lowest BCUT2D eigenvalue weighted by atomic mass is 9.85. The lowest BCUT2D eigenvalue weighted by Crippen LogP contribution is -1.91. The summed E-state index contributed by atoms with van der Waals surface area (Å²) in [6.07, 6.45) is 0. The van der Waals surface area contributed by atoms with Crippen LogP contribution in [-0.2, 0) is 0 Å². The average Bonchev–Trinajstić information content (AvgIpc) is 3.61. The minimum atomic E-state index is 1.23. The quantitative estimate of drug-likeness (QED) is 0.162. The molecule has 0 saturated heterocycles. The Morgan fingerprint density at radius 2 is 0.755 bits per heavy atom. The second-order valence-corrected chi connectivity index (χ2v) is 15.1. The van der Waals surface area contributed by atoms with Crippen LogP contribution in [0.5, 0.6) is 0 Å². The summed E-state index contributed by atoms with van der Waals surface area (Å²) >= 11 is 1.90. The van der Waals surface area contributed by atoms with Crippen molar-refractivity contribution >= 4 is 74.6 Å². The van der Waals surface area contributed by atoms with E-state index in [0.717, 1.165) is 0 Å². The average molecular weight is 689 g/mol. The highest BCUT2D eigenvalue weighted by Gasteiger charge is 2.17. The van der Waals surface area contributed by atoms with E-state index in [1.807, 2.05) is 11.3 Å². The summed E-state index contributed by atoms with van der Waals surface area (Å²) in [6, 6.07) is 71.7. The molecule has 0 atom stereocenters. The van der Waals surface area contributed by atoms with Gasteiger partial charge in [0.05, 0.1) is 0 Å². The molecule has 0 fully saturated rings. The van der Waals surface area contributed by atoms with Crippen molar-refractivity contribution in [1.82, 2.24) is 0 Å². The van der Waals surface area contributed by atoms with E-state index >= 15 is 0 Å². The Bertz CT molecular complexity index is 3160. The molecule has 11 rings (SSSR count). The third-order valence-electron chi connectivity index (χ3n) is 11.0. The molecule has 0 aliphatic rings. The molecule has 0 amide bonds. The van der Waals surface area contributed by atoms with Gasteiger partial charge >= 0.3 is 0 Å². The van der Waals surface area contributed by atoms with Gasteiger partial charge in [0, 0.05) is 20.2 Å². The maximum Gasteiger partial charge on any atom is 0.0433 e. The predicted octanol–water partition coefficient (Wildman–Crippen LogP) is 15.3. The standard InChI is InChI=1S/C52H32S/c1-2-12-37-30-39(25-22-33(37)10-1)34-20-23-36(24-21-34)50-43-16-5-7-18-45(43)51(46-19-8-6-17-44(46)50)41-14-9-13-38(31-41)40-27-29-49-48(32-40)47-28-26-35-11-3-4-15-42(35)52(47)53-49/h1-32H. The Morgan fingerprint density at radius 3 is 1.49 bits per heavy atom. The van der Waals surface area contributed by atoms with Crippen LogP contribution in [0.4, 0.5) is 0 Å². The van der Waals surface area contributed by atoms with E-state index in [9.17, 15) is 0 Å². The molecule has 0 nitrogen and oxygen atoms in total. The molecule has 0 N–H and O–H groups in total. The first-order valence-electron chi connectivity index (χ1n) is 18.2. The summed E-state index contributed by atoms with van der Waals surface area (Å²) in [4.78, 5) is 0. The molecule has 0 radical (unpaired) electrons. The second-order valence-electron chi connectivity index (χ2n) is 14.0. The van der Waals surface area contributed by atoms with Gasteiger partial charge in [-0.05, 0) is 112 Å². The van der Waals surface area contributed by atoms with Crippen molar-refractivity contribution in [2.24, 2.45) is 0 Å². The highest BCUT2D eigenvalue weighted by molar-refractivity contribution is 7.26. The molecular weight excluding hydrogens is 657 g/mol. The third-order valence-corrected chi connectivity index (χ3v) is 12.3. The van der Waals surface area contributed by atoms with Crippen LogP contribution < -0.4 is 0 Å². The van der Waals surface area contributed by atoms with Crippen LogP contribution in [0.2, 0.25) is 0 Å². The smallest absolute Gasteiger partial charge is 0.0433 e. The van der Waals surface area contributed by atoms with Crippen LogP contribution in [0, 0.1) is 0 Å². The summed E-state index contributed by atoms with van der Waals surface area (Å²) in [7, 11) is 0. The number of hydrogen-bond donors (Lipinski definition) is 0. The van der Waals surface area contributed by atoms with Gasteiger partial charge in [0.25, 0.3) is 0 Å². The molecule has 1 heterocycles. The van der Waals surface area contributed by atoms with Gasteiger partial charge in [-0.1, -0.05) is 170 Å². The molecule has 0 aliphatic heterocycles. The van der Waals surface area contributed by atoms with Crippen LogP contribution in [0.25, 0.3) is 108 Å². The summed E-state index contributed by atoms with van der Waals surface area (Å²) < 4.78 is 2.69. The fourth-order valence-electron chi connectivity index (χ4n) is 8.49. The molecule has 11 aromatic rings. The van der Waals surface area contributed by atoms with Crippen molar-refractivity contribution in [3.05, 3.63) is 194 Å². The summed E-state index contributed by atoms with van der Waals surface area (Å²) in [6.45, 7) is 0. The molecule has 0 saturated carbocycles. The van der Waals surface area contributed by atoms with E-state index in [2.05, 4.69) is 194 Å². The molecule has 0 unspecified atom stereocenters. The van der Waals surface area contributed by atoms with Crippen LogP contribution in [0.1, 0.15) is 0 Å². The van der Waals surface area contributed by atoms with E-state index < -0.39 is 0 Å². The molecule has 1 heteroatoms. The fourth-order valence-corrected chi connectivity index (χ4v) is 9.71. The summed E-state index contributed by atoms with van der Waals surface area (Å²) in [5, 5.41) is 12.9. The van der Waals surface area contributed by atoms with Gasteiger partial charge in [0.15, 0.2) is 0 Å². The first kappa shape index (κ1) is 30.1. The van der Waals surface area contributed by atoms with Crippen molar-refractivity contribution in [1.29, 1.82) is 0 Å². The van der Waals surface area contributed by atoms with Crippen LogP contribution in [0.15, 0.2) is 194 Å². The molecule has 246 valence electrons. The van der Waals surface area contributed by atoms with Crippen molar-refractivity contribution in [3.63, 3.8) is 0 Å². The molecule has 53 heavy (non-hydrogen) atoms. The van der Waals surface area contributed by atoms with Gasteiger partial charge in [-0.15, -0.1) is 11.3 Å². The van der Waals surface area contributed by atoms with E-state index in [-0.39, 0.29) is 0 Å². The maximum absolute atomic E-state index is 2.39. The monoisotopic (exact) mass is 688 g/mol. The zero-order chi connectivity index (χ0) is 34.9. The Morgan fingerprint density at radius 1 is 0.245 bits per heavy atom. The summed E-state index contributed by atoms with van der Waals surface area (Å²) in [5.74, 6) is 0. The van der Waals surface area contributed by atoms with Crippen molar-refractivity contribution < 1.29 is 0 Å². The SMILES string of the molecule is c1cc(-c2ccc3sc4c5ccccc5ccc4c3c2)cc(-c2c3ccccc3c(-c3ccc(-c4ccc5ccccc5c4)cc3)c3ccccc23)c1. The molecule has 1 aromatic heterocycles. The van der Waals surface area contributed by atoms with Gasteiger partial charge < -0.3 is 0 Å². The fraction of sp³-hybridized carbons (Fsp3) is 0. The van der Waals surface area contributed by atoms with Gasteiger partial charge in [-0.25, -0.2) is 0 Å². The first-order valence-corrected chi connectivity index (χ1v) is 19.1. The topological polar surface area (TPSA) is 0 Å². The predicted molar refractivity (Wildman–Crippen MR) is 231 cm³/mol. The number of hydrogen-bond acceptors (Lipinski definition) is 1.